The molecular formula is C20H15Cl2NO2S2. The molecule has 1 fully saturated rings. The Kier molecular flexibility index (Phi) is 6.60. The van der Waals surface area contributed by atoms with E-state index >= 15 is 0 Å². The molecule has 1 saturated heterocycles. The first kappa shape index (κ1) is 20.0. The first-order valence-corrected chi connectivity index (χ1v) is 9.99. The minimum absolute atomic E-state index is 0.107. The highest BCUT2D eigenvalue weighted by atomic mass is 35.5. The Hall–Kier alpha value is -1.79. The van der Waals surface area contributed by atoms with E-state index in [1.165, 1.54) is 16.7 Å². The summed E-state index contributed by atoms with van der Waals surface area (Å²) in [4.78, 5) is 14.5. The average Bonchev–Trinajstić information content (AvgIpc) is 2.89. The fourth-order valence-corrected chi connectivity index (χ4v) is 4.17. The smallest absolute Gasteiger partial charge is 0.266 e. The first-order chi connectivity index (χ1) is 13.0. The van der Waals surface area contributed by atoms with Crippen molar-refractivity contribution >= 4 is 63.5 Å². The van der Waals surface area contributed by atoms with E-state index in [1.807, 2.05) is 36.4 Å². The van der Waals surface area contributed by atoms with Gasteiger partial charge in [0, 0.05) is 22.2 Å². The van der Waals surface area contributed by atoms with Crippen molar-refractivity contribution in [3.63, 3.8) is 0 Å². The summed E-state index contributed by atoms with van der Waals surface area (Å²) >= 11 is 18.6. The second kappa shape index (κ2) is 8.93. The zero-order chi connectivity index (χ0) is 19.4. The average molecular weight is 436 g/mol. The molecule has 1 amide bonds. The molecular weight excluding hydrogens is 421 g/mol. The van der Waals surface area contributed by atoms with Gasteiger partial charge in [-0.2, -0.15) is 0 Å². The van der Waals surface area contributed by atoms with Crippen LogP contribution in [0.4, 0.5) is 0 Å². The molecule has 0 N–H and O–H groups in total. The number of rotatable bonds is 6. The number of thiocarbonyl (C=S) groups is 1. The highest BCUT2D eigenvalue weighted by Gasteiger charge is 2.30. The Morgan fingerprint density at radius 3 is 2.78 bits per heavy atom. The molecule has 1 aliphatic heterocycles. The fourth-order valence-electron chi connectivity index (χ4n) is 2.43. The monoisotopic (exact) mass is 435 g/mol. The van der Waals surface area contributed by atoms with Gasteiger partial charge >= 0.3 is 0 Å². The van der Waals surface area contributed by atoms with E-state index < -0.39 is 0 Å². The molecule has 27 heavy (non-hydrogen) atoms. The number of benzene rings is 2. The molecule has 0 bridgehead atoms. The van der Waals surface area contributed by atoms with Crippen molar-refractivity contribution < 1.29 is 9.53 Å². The predicted molar refractivity (Wildman–Crippen MR) is 117 cm³/mol. The van der Waals surface area contributed by atoms with Crippen LogP contribution in [0.25, 0.3) is 6.08 Å². The van der Waals surface area contributed by atoms with Gasteiger partial charge in [-0.25, -0.2) is 0 Å². The SMILES string of the molecule is C=CCN1C(=O)/C(=C/c2cccc(OCc3ccc(Cl)cc3Cl)c2)SC1=S. The van der Waals surface area contributed by atoms with Crippen molar-refractivity contribution in [2.45, 2.75) is 6.61 Å². The van der Waals surface area contributed by atoms with Crippen LogP contribution in [0.15, 0.2) is 60.0 Å². The molecule has 7 heteroatoms. The van der Waals surface area contributed by atoms with Gasteiger partial charge in [-0.15, -0.1) is 6.58 Å². The summed E-state index contributed by atoms with van der Waals surface area (Å²) in [6.45, 7) is 4.38. The highest BCUT2D eigenvalue weighted by molar-refractivity contribution is 8.26. The Bertz CT molecular complexity index is 943. The van der Waals surface area contributed by atoms with Crippen molar-refractivity contribution in [3.05, 3.63) is 81.2 Å². The summed E-state index contributed by atoms with van der Waals surface area (Å²) in [6, 6.07) is 12.8. The third kappa shape index (κ3) is 4.93. The number of carbonyl (C=O) groups is 1. The van der Waals surface area contributed by atoms with E-state index in [2.05, 4.69) is 6.58 Å². The van der Waals surface area contributed by atoms with Crippen molar-refractivity contribution in [3.8, 4) is 5.75 Å². The summed E-state index contributed by atoms with van der Waals surface area (Å²) in [5, 5.41) is 1.14. The molecule has 138 valence electrons. The van der Waals surface area contributed by atoms with Crippen LogP contribution in [0.2, 0.25) is 10.0 Å². The maximum atomic E-state index is 12.4. The standard InChI is InChI=1S/C20H15Cl2NO2S2/c1-2-8-23-19(24)18(27-20(23)26)10-13-4-3-5-16(9-13)25-12-14-6-7-15(21)11-17(14)22/h2-7,9-11H,1,8,12H2/b18-10-. The van der Waals surface area contributed by atoms with E-state index in [9.17, 15) is 4.79 Å². The molecule has 0 spiro atoms. The number of ether oxygens (including phenoxy) is 1. The van der Waals surface area contributed by atoms with E-state index in [1.54, 1.807) is 18.2 Å². The molecule has 2 aromatic rings. The van der Waals surface area contributed by atoms with E-state index in [-0.39, 0.29) is 5.91 Å². The van der Waals surface area contributed by atoms with Crippen LogP contribution in [0.1, 0.15) is 11.1 Å². The zero-order valence-electron chi connectivity index (χ0n) is 14.2. The lowest BCUT2D eigenvalue weighted by atomic mass is 10.2. The van der Waals surface area contributed by atoms with Gasteiger partial charge in [0.25, 0.3) is 5.91 Å². The Balaban J connectivity index is 1.73. The minimum atomic E-state index is -0.107. The third-order valence-corrected chi connectivity index (χ3v) is 5.72. The van der Waals surface area contributed by atoms with Gasteiger partial charge in [-0.05, 0) is 35.9 Å². The van der Waals surface area contributed by atoms with Crippen LogP contribution in [-0.4, -0.2) is 21.7 Å². The maximum absolute atomic E-state index is 12.4. The molecule has 0 aromatic heterocycles. The number of nitrogens with zero attached hydrogens (tertiary/aromatic N) is 1. The van der Waals surface area contributed by atoms with Crippen molar-refractivity contribution in [1.82, 2.24) is 4.90 Å². The van der Waals surface area contributed by atoms with Gasteiger partial charge in [0.15, 0.2) is 0 Å². The van der Waals surface area contributed by atoms with E-state index in [0.717, 1.165) is 11.1 Å². The lowest BCUT2D eigenvalue weighted by Crippen LogP contribution is -2.27. The molecule has 0 atom stereocenters. The van der Waals surface area contributed by atoms with Crippen LogP contribution < -0.4 is 4.74 Å². The number of amides is 1. The maximum Gasteiger partial charge on any atom is 0.266 e. The molecule has 0 unspecified atom stereocenters. The van der Waals surface area contributed by atoms with Gasteiger partial charge in [0.1, 0.15) is 16.7 Å². The van der Waals surface area contributed by atoms with Crippen LogP contribution in [0, 0.1) is 0 Å². The van der Waals surface area contributed by atoms with Crippen LogP contribution >= 0.6 is 47.2 Å². The van der Waals surface area contributed by atoms with Gasteiger partial charge in [0.05, 0.1) is 4.91 Å². The lowest BCUT2D eigenvalue weighted by molar-refractivity contribution is -0.121. The van der Waals surface area contributed by atoms with Gasteiger partial charge < -0.3 is 4.74 Å². The minimum Gasteiger partial charge on any atom is -0.489 e. The zero-order valence-corrected chi connectivity index (χ0v) is 17.3. The Morgan fingerprint density at radius 1 is 1.22 bits per heavy atom. The molecule has 3 rings (SSSR count). The van der Waals surface area contributed by atoms with Crippen LogP contribution in [0.5, 0.6) is 5.75 Å². The quantitative estimate of drug-likeness (QED) is 0.318. The Labute approximate surface area is 177 Å². The summed E-state index contributed by atoms with van der Waals surface area (Å²) in [7, 11) is 0. The summed E-state index contributed by atoms with van der Waals surface area (Å²) < 4.78 is 6.37. The number of hydrogen-bond acceptors (Lipinski definition) is 4. The topological polar surface area (TPSA) is 29.5 Å². The second-order valence-electron chi connectivity index (χ2n) is 5.68. The van der Waals surface area contributed by atoms with Crippen molar-refractivity contribution in [2.75, 3.05) is 6.54 Å². The molecule has 0 radical (unpaired) electrons. The molecule has 1 aliphatic rings. The van der Waals surface area contributed by atoms with Crippen molar-refractivity contribution in [2.24, 2.45) is 0 Å². The van der Waals surface area contributed by atoms with Crippen LogP contribution in [-0.2, 0) is 11.4 Å². The summed E-state index contributed by atoms with van der Waals surface area (Å²) in [5.74, 6) is 0.570. The second-order valence-corrected chi connectivity index (χ2v) is 8.20. The van der Waals surface area contributed by atoms with Gasteiger partial charge in [0.2, 0.25) is 0 Å². The van der Waals surface area contributed by atoms with E-state index in [0.29, 0.717) is 38.2 Å². The Morgan fingerprint density at radius 2 is 2.04 bits per heavy atom. The van der Waals surface area contributed by atoms with Crippen molar-refractivity contribution in [1.29, 1.82) is 0 Å². The molecule has 1 heterocycles. The van der Waals surface area contributed by atoms with Gasteiger partial charge in [-0.1, -0.05) is 71.5 Å². The molecule has 3 nitrogen and oxygen atoms in total. The summed E-state index contributed by atoms with van der Waals surface area (Å²) in [5.41, 5.74) is 1.70. The number of halogens is 2. The number of hydrogen-bond donors (Lipinski definition) is 0. The molecule has 2 aromatic carbocycles. The van der Waals surface area contributed by atoms with E-state index in [4.69, 9.17) is 40.2 Å². The molecule has 0 aliphatic carbocycles. The summed E-state index contributed by atoms with van der Waals surface area (Å²) in [6.07, 6.45) is 3.47. The highest BCUT2D eigenvalue weighted by Crippen LogP contribution is 2.33. The fraction of sp³-hybridized carbons (Fsp3) is 0.100. The number of thioether (sulfide) groups is 1. The lowest BCUT2D eigenvalue weighted by Gasteiger charge is -2.10. The van der Waals surface area contributed by atoms with Crippen LogP contribution in [0.3, 0.4) is 0 Å². The predicted octanol–water partition coefficient (Wildman–Crippen LogP) is 5.96. The largest absolute Gasteiger partial charge is 0.489 e. The third-order valence-electron chi connectivity index (χ3n) is 3.75. The molecule has 0 saturated carbocycles. The first-order valence-electron chi connectivity index (χ1n) is 8.01. The normalized spacial score (nSPS) is 15.5. The number of carbonyl (C=O) groups excluding carboxylic acids is 1. The van der Waals surface area contributed by atoms with Gasteiger partial charge in [-0.3, -0.25) is 9.69 Å².